The number of aromatic nitrogens is 1. The molecular formula is C23H23FN4O2S. The van der Waals surface area contributed by atoms with Gasteiger partial charge in [0.1, 0.15) is 15.7 Å². The first-order valence-corrected chi connectivity index (χ1v) is 11.0. The van der Waals surface area contributed by atoms with Gasteiger partial charge in [-0.3, -0.25) is 9.59 Å². The number of thiazole rings is 1. The smallest absolute Gasteiger partial charge is 0.263 e. The highest BCUT2D eigenvalue weighted by molar-refractivity contribution is 7.16. The Bertz CT molecular complexity index is 1050. The predicted octanol–water partition coefficient (Wildman–Crippen LogP) is 3.42. The molecule has 2 aromatic carbocycles. The van der Waals surface area contributed by atoms with Crippen molar-refractivity contribution in [2.75, 3.05) is 37.6 Å². The summed E-state index contributed by atoms with van der Waals surface area (Å²) in [6.07, 6.45) is 1.68. The third-order valence-corrected chi connectivity index (χ3v) is 6.24. The predicted molar refractivity (Wildman–Crippen MR) is 120 cm³/mol. The third kappa shape index (κ3) is 5.08. The lowest BCUT2D eigenvalue weighted by Crippen LogP contribution is -2.49. The highest BCUT2D eigenvalue weighted by Crippen LogP contribution is 2.27. The fourth-order valence-electron chi connectivity index (χ4n) is 3.52. The molecule has 8 heteroatoms. The van der Waals surface area contributed by atoms with Crippen LogP contribution in [0.5, 0.6) is 0 Å². The van der Waals surface area contributed by atoms with Gasteiger partial charge in [-0.2, -0.15) is 0 Å². The number of piperazine rings is 1. The molecule has 1 fully saturated rings. The summed E-state index contributed by atoms with van der Waals surface area (Å²) in [5.41, 5.74) is 1.54. The number of carbonyl (C=O) groups is 2. The minimum Gasteiger partial charge on any atom is -0.368 e. The second-order valence-corrected chi connectivity index (χ2v) is 8.25. The molecule has 0 unspecified atom stereocenters. The average molecular weight is 439 g/mol. The number of hydrogen-bond donors (Lipinski definition) is 1. The normalized spacial score (nSPS) is 13.8. The largest absolute Gasteiger partial charge is 0.368 e. The van der Waals surface area contributed by atoms with Gasteiger partial charge in [0.05, 0.1) is 6.20 Å². The van der Waals surface area contributed by atoms with E-state index in [-0.39, 0.29) is 30.6 Å². The molecule has 0 aliphatic carbocycles. The second kappa shape index (κ2) is 9.70. The van der Waals surface area contributed by atoms with Crippen LogP contribution >= 0.6 is 11.3 Å². The van der Waals surface area contributed by atoms with Crippen molar-refractivity contribution in [3.63, 3.8) is 0 Å². The van der Waals surface area contributed by atoms with Crippen LogP contribution in [0.2, 0.25) is 0 Å². The standard InChI is InChI=1S/C23H23FN4O2S/c24-19-9-5-4-8-18(19)23-26-16-20(31-23)22(30)25-11-10-21(29)28-14-12-27(13-15-28)17-6-2-1-3-7-17/h1-9,16H,10-15H2,(H,25,30). The lowest BCUT2D eigenvalue weighted by atomic mass is 10.2. The van der Waals surface area contributed by atoms with Crippen LogP contribution in [0.3, 0.4) is 0 Å². The number of para-hydroxylation sites is 1. The van der Waals surface area contributed by atoms with Crippen molar-refractivity contribution >= 4 is 28.8 Å². The Balaban J connectivity index is 1.23. The molecule has 0 bridgehead atoms. The van der Waals surface area contributed by atoms with E-state index in [1.54, 1.807) is 18.2 Å². The van der Waals surface area contributed by atoms with Crippen molar-refractivity contribution < 1.29 is 14.0 Å². The van der Waals surface area contributed by atoms with Crippen LogP contribution in [0.15, 0.2) is 60.8 Å². The van der Waals surface area contributed by atoms with Crippen molar-refractivity contribution in [3.05, 3.63) is 71.5 Å². The van der Waals surface area contributed by atoms with Gasteiger partial charge in [-0.05, 0) is 24.3 Å². The number of hydrogen-bond acceptors (Lipinski definition) is 5. The topological polar surface area (TPSA) is 65.5 Å². The van der Waals surface area contributed by atoms with Crippen LogP contribution in [0.25, 0.3) is 10.6 Å². The van der Waals surface area contributed by atoms with Gasteiger partial charge in [-0.25, -0.2) is 9.37 Å². The maximum atomic E-state index is 13.9. The van der Waals surface area contributed by atoms with Gasteiger partial charge in [0.2, 0.25) is 5.91 Å². The molecule has 2 heterocycles. The van der Waals surface area contributed by atoms with Crippen LogP contribution < -0.4 is 10.2 Å². The van der Waals surface area contributed by atoms with Crippen molar-refractivity contribution in [2.24, 2.45) is 0 Å². The molecule has 1 saturated heterocycles. The molecule has 3 aromatic rings. The molecule has 0 saturated carbocycles. The van der Waals surface area contributed by atoms with E-state index in [2.05, 4.69) is 27.3 Å². The van der Waals surface area contributed by atoms with Gasteiger partial charge in [-0.1, -0.05) is 30.3 Å². The minimum absolute atomic E-state index is 0.0318. The Morgan fingerprint density at radius 1 is 1.00 bits per heavy atom. The third-order valence-electron chi connectivity index (χ3n) is 5.21. The van der Waals surface area contributed by atoms with Gasteiger partial charge in [0.15, 0.2) is 0 Å². The molecule has 1 aliphatic heterocycles. The summed E-state index contributed by atoms with van der Waals surface area (Å²) in [7, 11) is 0. The zero-order valence-corrected chi connectivity index (χ0v) is 17.8. The molecule has 1 aliphatic rings. The Labute approximate surface area is 184 Å². The van der Waals surface area contributed by atoms with E-state index in [0.29, 0.717) is 28.5 Å². The molecule has 0 atom stereocenters. The first kappa shape index (κ1) is 21.0. The molecule has 1 N–H and O–H groups in total. The van der Waals surface area contributed by atoms with Gasteiger partial charge >= 0.3 is 0 Å². The lowest BCUT2D eigenvalue weighted by molar-refractivity contribution is -0.131. The summed E-state index contributed by atoms with van der Waals surface area (Å²) >= 11 is 1.13. The Morgan fingerprint density at radius 2 is 1.71 bits per heavy atom. The van der Waals surface area contributed by atoms with Gasteiger partial charge < -0.3 is 15.1 Å². The number of nitrogens with one attached hydrogen (secondary N) is 1. The summed E-state index contributed by atoms with van der Waals surface area (Å²) < 4.78 is 13.9. The molecule has 0 radical (unpaired) electrons. The van der Waals surface area contributed by atoms with Crippen molar-refractivity contribution in [3.8, 4) is 10.6 Å². The van der Waals surface area contributed by atoms with Crippen LogP contribution in [0, 0.1) is 5.82 Å². The molecule has 4 rings (SSSR count). The highest BCUT2D eigenvalue weighted by atomic mass is 32.1. The molecule has 1 aromatic heterocycles. The van der Waals surface area contributed by atoms with E-state index in [4.69, 9.17) is 0 Å². The summed E-state index contributed by atoms with van der Waals surface area (Å²) in [5.74, 6) is -0.645. The van der Waals surface area contributed by atoms with E-state index >= 15 is 0 Å². The fraction of sp³-hybridized carbons (Fsp3) is 0.261. The van der Waals surface area contributed by atoms with Crippen molar-refractivity contribution in [1.29, 1.82) is 0 Å². The zero-order valence-electron chi connectivity index (χ0n) is 17.0. The maximum absolute atomic E-state index is 13.9. The van der Waals surface area contributed by atoms with Gasteiger partial charge in [-0.15, -0.1) is 11.3 Å². The highest BCUT2D eigenvalue weighted by Gasteiger charge is 2.21. The average Bonchev–Trinajstić information content (AvgIpc) is 3.30. The van der Waals surface area contributed by atoms with E-state index < -0.39 is 0 Å². The first-order valence-electron chi connectivity index (χ1n) is 10.2. The summed E-state index contributed by atoms with van der Waals surface area (Å²) in [5, 5.41) is 3.22. The quantitative estimate of drug-likeness (QED) is 0.641. The van der Waals surface area contributed by atoms with E-state index in [0.717, 1.165) is 24.4 Å². The number of carbonyl (C=O) groups excluding carboxylic acids is 2. The fourth-order valence-corrected chi connectivity index (χ4v) is 4.38. The zero-order chi connectivity index (χ0) is 21.6. The SMILES string of the molecule is O=C(NCCC(=O)N1CCN(c2ccccc2)CC1)c1cnc(-c2ccccc2F)s1. The van der Waals surface area contributed by atoms with E-state index in [9.17, 15) is 14.0 Å². The van der Waals surface area contributed by atoms with E-state index in [1.165, 1.54) is 18.0 Å². The van der Waals surface area contributed by atoms with Crippen LogP contribution in [-0.4, -0.2) is 54.4 Å². The number of nitrogens with zero attached hydrogens (tertiary/aromatic N) is 3. The molecule has 2 amide bonds. The van der Waals surface area contributed by atoms with Gasteiger partial charge in [0, 0.05) is 50.4 Å². The molecule has 6 nitrogen and oxygen atoms in total. The van der Waals surface area contributed by atoms with Crippen molar-refractivity contribution in [1.82, 2.24) is 15.2 Å². The maximum Gasteiger partial charge on any atom is 0.263 e. The number of anilines is 1. The van der Waals surface area contributed by atoms with Crippen molar-refractivity contribution in [2.45, 2.75) is 6.42 Å². The van der Waals surface area contributed by atoms with Crippen LogP contribution in [0.1, 0.15) is 16.1 Å². The first-order chi connectivity index (χ1) is 15.1. The van der Waals surface area contributed by atoms with Gasteiger partial charge in [0.25, 0.3) is 5.91 Å². The summed E-state index contributed by atoms with van der Waals surface area (Å²) in [4.78, 5) is 33.5. The number of benzene rings is 2. The Hall–Kier alpha value is -3.26. The van der Waals surface area contributed by atoms with E-state index in [1.807, 2.05) is 23.1 Å². The second-order valence-electron chi connectivity index (χ2n) is 7.22. The molecule has 31 heavy (non-hydrogen) atoms. The van der Waals surface area contributed by atoms with Crippen LogP contribution in [-0.2, 0) is 4.79 Å². The molecule has 0 spiro atoms. The lowest BCUT2D eigenvalue weighted by Gasteiger charge is -2.36. The number of rotatable bonds is 6. The summed E-state index contributed by atoms with van der Waals surface area (Å²) in [6.45, 7) is 3.18. The number of halogens is 1. The van der Waals surface area contributed by atoms with Crippen LogP contribution in [0.4, 0.5) is 10.1 Å². The Kier molecular flexibility index (Phi) is 6.57. The summed E-state index contributed by atoms with van der Waals surface area (Å²) in [6, 6.07) is 16.5. The monoisotopic (exact) mass is 438 g/mol. The molecular weight excluding hydrogens is 415 g/mol. The number of amides is 2. The minimum atomic E-state index is -0.373. The Morgan fingerprint density at radius 3 is 2.45 bits per heavy atom. The molecule has 160 valence electrons.